The molecule has 2 heterocycles. The highest BCUT2D eigenvalue weighted by Crippen LogP contribution is 2.28. The van der Waals surface area contributed by atoms with Crippen molar-refractivity contribution in [3.63, 3.8) is 0 Å². The molecule has 8 nitrogen and oxygen atoms in total. The van der Waals surface area contributed by atoms with Gasteiger partial charge in [-0.15, -0.1) is 0 Å². The van der Waals surface area contributed by atoms with E-state index < -0.39 is 9.84 Å². The van der Waals surface area contributed by atoms with Crippen molar-refractivity contribution >= 4 is 9.84 Å². The Morgan fingerprint density at radius 2 is 2.00 bits per heavy atom. The number of aromatic nitrogens is 2. The van der Waals surface area contributed by atoms with Gasteiger partial charge < -0.3 is 18.8 Å². The molecule has 1 saturated heterocycles. The molecule has 1 aromatic carbocycles. The highest BCUT2D eigenvalue weighted by atomic mass is 32.2. The molecule has 1 aliphatic rings. The lowest BCUT2D eigenvalue weighted by Gasteiger charge is -2.20. The van der Waals surface area contributed by atoms with Gasteiger partial charge in [-0.25, -0.2) is 13.4 Å². The lowest BCUT2D eigenvalue weighted by molar-refractivity contribution is 0.0934. The van der Waals surface area contributed by atoms with Crippen molar-refractivity contribution in [2.24, 2.45) is 0 Å². The number of hydrogen-bond acceptors (Lipinski definition) is 7. The zero-order valence-corrected chi connectivity index (χ0v) is 18.2. The third-order valence-corrected chi connectivity index (χ3v) is 5.96. The molecule has 160 valence electrons. The molecule has 2 aromatic rings. The van der Waals surface area contributed by atoms with E-state index in [0.29, 0.717) is 31.1 Å². The molecule has 0 saturated carbocycles. The molecule has 1 aromatic heterocycles. The predicted molar refractivity (Wildman–Crippen MR) is 109 cm³/mol. The van der Waals surface area contributed by atoms with E-state index in [9.17, 15) is 8.42 Å². The van der Waals surface area contributed by atoms with E-state index in [0.717, 1.165) is 30.7 Å². The van der Waals surface area contributed by atoms with Crippen LogP contribution in [0.1, 0.15) is 24.1 Å². The topological polar surface area (TPSA) is 82.9 Å². The third kappa shape index (κ3) is 5.29. The molecule has 29 heavy (non-hydrogen) atoms. The van der Waals surface area contributed by atoms with Gasteiger partial charge in [0, 0.05) is 26.0 Å². The van der Waals surface area contributed by atoms with Crippen LogP contribution < -0.4 is 9.47 Å². The highest BCUT2D eigenvalue weighted by molar-refractivity contribution is 7.90. The number of rotatable bonds is 9. The summed E-state index contributed by atoms with van der Waals surface area (Å²) in [5.41, 5.74) is 1.92. The van der Waals surface area contributed by atoms with Gasteiger partial charge in [0.05, 0.1) is 38.8 Å². The molecule has 1 fully saturated rings. The number of benzene rings is 1. The van der Waals surface area contributed by atoms with Crippen molar-refractivity contribution < 1.29 is 22.6 Å². The summed E-state index contributed by atoms with van der Waals surface area (Å²) in [5, 5.41) is 0.0996. The predicted octanol–water partition coefficient (Wildman–Crippen LogP) is 2.11. The van der Waals surface area contributed by atoms with E-state index in [1.807, 2.05) is 25.2 Å². The molecule has 1 atom stereocenters. The van der Waals surface area contributed by atoms with Crippen molar-refractivity contribution in [2.75, 3.05) is 34.1 Å². The Morgan fingerprint density at radius 1 is 1.24 bits per heavy atom. The van der Waals surface area contributed by atoms with Crippen LogP contribution in [0.2, 0.25) is 0 Å². The van der Waals surface area contributed by atoms with Crippen LogP contribution in [0.3, 0.4) is 0 Å². The molecule has 3 rings (SSSR count). The minimum atomic E-state index is -3.42. The zero-order chi connectivity index (χ0) is 21.0. The maximum Gasteiger partial charge on any atom is 0.227 e. The van der Waals surface area contributed by atoms with Crippen LogP contribution in [-0.2, 0) is 34.2 Å². The van der Waals surface area contributed by atoms with Crippen molar-refractivity contribution in [1.29, 1.82) is 0 Å². The first-order chi connectivity index (χ1) is 13.8. The lowest BCUT2D eigenvalue weighted by Crippen LogP contribution is -2.24. The van der Waals surface area contributed by atoms with E-state index in [4.69, 9.17) is 14.2 Å². The quantitative estimate of drug-likeness (QED) is 0.611. The fourth-order valence-electron chi connectivity index (χ4n) is 3.62. The minimum Gasteiger partial charge on any atom is -0.493 e. The average molecular weight is 424 g/mol. The Morgan fingerprint density at radius 3 is 2.62 bits per heavy atom. The molecule has 0 N–H and O–H groups in total. The monoisotopic (exact) mass is 423 g/mol. The summed E-state index contributed by atoms with van der Waals surface area (Å²) in [6.07, 6.45) is 4.80. The summed E-state index contributed by atoms with van der Waals surface area (Å²) < 4.78 is 42.5. The molecule has 0 spiro atoms. The van der Waals surface area contributed by atoms with Crippen molar-refractivity contribution in [1.82, 2.24) is 14.5 Å². The number of methoxy groups -OCH3 is 2. The lowest BCUT2D eigenvalue weighted by atomic mass is 10.2. The fourth-order valence-corrected chi connectivity index (χ4v) is 4.46. The van der Waals surface area contributed by atoms with Gasteiger partial charge in [0.15, 0.2) is 11.5 Å². The first-order valence-corrected chi connectivity index (χ1v) is 11.5. The van der Waals surface area contributed by atoms with E-state index in [-0.39, 0.29) is 11.3 Å². The maximum absolute atomic E-state index is 12.2. The molecule has 0 amide bonds. The van der Waals surface area contributed by atoms with Crippen LogP contribution in [0.25, 0.3) is 0 Å². The summed E-state index contributed by atoms with van der Waals surface area (Å²) in [5.74, 6) is 1.37. The van der Waals surface area contributed by atoms with E-state index in [1.54, 1.807) is 25.0 Å². The molecule has 0 radical (unpaired) electrons. The summed E-state index contributed by atoms with van der Waals surface area (Å²) in [6.45, 7) is 2.45. The molecule has 0 bridgehead atoms. The number of nitrogens with zero attached hydrogens (tertiary/aromatic N) is 3. The van der Waals surface area contributed by atoms with E-state index in [1.165, 1.54) is 6.26 Å². The van der Waals surface area contributed by atoms with Gasteiger partial charge in [0.2, 0.25) is 15.0 Å². The van der Waals surface area contributed by atoms with Gasteiger partial charge in [-0.05, 0) is 37.6 Å². The Balaban J connectivity index is 1.77. The molecular formula is C20H29N3O5S. The van der Waals surface area contributed by atoms with Crippen molar-refractivity contribution in [2.45, 2.75) is 43.7 Å². The summed E-state index contributed by atoms with van der Waals surface area (Å²) in [6, 6.07) is 5.82. The van der Waals surface area contributed by atoms with Crippen LogP contribution in [0, 0.1) is 0 Å². The maximum atomic E-state index is 12.2. The smallest absolute Gasteiger partial charge is 0.227 e. The first-order valence-electron chi connectivity index (χ1n) is 9.57. The normalized spacial score (nSPS) is 17.1. The average Bonchev–Trinajstić information content (AvgIpc) is 3.32. The molecule has 0 aliphatic carbocycles. The number of sulfone groups is 1. The minimum absolute atomic E-state index is 0.0274. The summed E-state index contributed by atoms with van der Waals surface area (Å²) >= 11 is 0. The van der Waals surface area contributed by atoms with Crippen LogP contribution in [0.15, 0.2) is 29.6 Å². The van der Waals surface area contributed by atoms with E-state index >= 15 is 0 Å². The van der Waals surface area contributed by atoms with Crippen LogP contribution in [0.4, 0.5) is 0 Å². The Hall–Kier alpha value is -2.10. The molecule has 1 aliphatic heterocycles. The van der Waals surface area contributed by atoms with Crippen LogP contribution in [-0.4, -0.2) is 63.1 Å². The molecule has 0 unspecified atom stereocenters. The zero-order valence-electron chi connectivity index (χ0n) is 17.4. The number of hydrogen-bond donors (Lipinski definition) is 0. The summed E-state index contributed by atoms with van der Waals surface area (Å²) in [4.78, 5) is 6.30. The van der Waals surface area contributed by atoms with Gasteiger partial charge in [-0.1, -0.05) is 6.07 Å². The first kappa shape index (κ1) is 21.6. The van der Waals surface area contributed by atoms with Gasteiger partial charge in [0.1, 0.15) is 0 Å². The summed E-state index contributed by atoms with van der Waals surface area (Å²) in [7, 11) is 1.79. The SMILES string of the molecule is COc1ccc(CN(C)Cc2cnc(S(C)(=O)=O)n2C[C@@H]2CCCO2)cc1OC. The van der Waals surface area contributed by atoms with Gasteiger partial charge in [-0.3, -0.25) is 4.90 Å². The van der Waals surface area contributed by atoms with Gasteiger partial charge in [0.25, 0.3) is 0 Å². The third-order valence-electron chi connectivity index (χ3n) is 4.98. The van der Waals surface area contributed by atoms with E-state index in [2.05, 4.69) is 9.88 Å². The van der Waals surface area contributed by atoms with Crippen LogP contribution >= 0.6 is 0 Å². The molecular weight excluding hydrogens is 394 g/mol. The second kappa shape index (κ2) is 9.15. The van der Waals surface area contributed by atoms with Crippen molar-refractivity contribution in [3.8, 4) is 11.5 Å². The fraction of sp³-hybridized carbons (Fsp3) is 0.550. The molecule has 9 heteroatoms. The highest BCUT2D eigenvalue weighted by Gasteiger charge is 2.24. The second-order valence-corrected chi connectivity index (χ2v) is 9.32. The van der Waals surface area contributed by atoms with Crippen LogP contribution in [0.5, 0.6) is 11.5 Å². The largest absolute Gasteiger partial charge is 0.493 e. The van der Waals surface area contributed by atoms with Gasteiger partial charge >= 0.3 is 0 Å². The van der Waals surface area contributed by atoms with Gasteiger partial charge in [-0.2, -0.15) is 0 Å². The standard InChI is InChI=1S/C20H29N3O5S/c1-22(12-15-7-8-18(26-2)19(10-15)27-3)13-16-11-21-20(29(4,24)25)23(16)14-17-6-5-9-28-17/h7-8,10-11,17H,5-6,9,12-14H2,1-4H3/t17-/m0/s1. The van der Waals surface area contributed by atoms with Crippen molar-refractivity contribution in [3.05, 3.63) is 35.7 Å². The number of ether oxygens (including phenoxy) is 3. The Kier molecular flexibility index (Phi) is 6.81. The number of imidazole rings is 1. The Bertz CT molecular complexity index is 936. The second-order valence-electron chi connectivity index (χ2n) is 7.41. The Labute approximate surface area is 172 Å².